The Balaban J connectivity index is 1.88. The Morgan fingerprint density at radius 2 is 1.58 bits per heavy atom. The molecule has 0 saturated carbocycles. The molecule has 0 aromatic heterocycles. The van der Waals surface area contributed by atoms with E-state index in [1.165, 1.54) is 14.2 Å². The van der Waals surface area contributed by atoms with Gasteiger partial charge < -0.3 is 14.8 Å². The van der Waals surface area contributed by atoms with Crippen molar-refractivity contribution in [2.75, 3.05) is 19.5 Å². The first-order valence-electron chi connectivity index (χ1n) is 8.25. The molecule has 0 saturated heterocycles. The summed E-state index contributed by atoms with van der Waals surface area (Å²) in [6, 6.07) is 10.8. The molecule has 0 radical (unpaired) electrons. The second kappa shape index (κ2) is 6.19. The summed E-state index contributed by atoms with van der Waals surface area (Å²) in [6.45, 7) is 0. The van der Waals surface area contributed by atoms with E-state index < -0.39 is 0 Å². The first-order chi connectivity index (χ1) is 12.7. The third kappa shape index (κ3) is 2.32. The molecule has 0 atom stereocenters. The van der Waals surface area contributed by atoms with Crippen molar-refractivity contribution in [3.05, 3.63) is 76.5 Å². The van der Waals surface area contributed by atoms with Gasteiger partial charge in [-0.3, -0.25) is 9.59 Å². The summed E-state index contributed by atoms with van der Waals surface area (Å²) in [4.78, 5) is 26.2. The smallest absolute Gasteiger partial charge is 0.215 e. The highest BCUT2D eigenvalue weighted by atomic mass is 16.5. The molecule has 4 rings (SSSR count). The maximum absolute atomic E-state index is 13.2. The largest absolute Gasteiger partial charge is 0.496 e. The van der Waals surface area contributed by atoms with Crippen molar-refractivity contribution in [3.63, 3.8) is 0 Å². The fraction of sp³-hybridized carbons (Fsp3) is 0.143. The van der Waals surface area contributed by atoms with E-state index in [-0.39, 0.29) is 17.3 Å². The number of fused-ring (bicyclic) bond motifs is 2. The molecule has 0 unspecified atom stereocenters. The molecule has 26 heavy (non-hydrogen) atoms. The molecule has 2 aliphatic rings. The van der Waals surface area contributed by atoms with E-state index in [2.05, 4.69) is 5.32 Å². The number of allylic oxidation sites excluding steroid dienone is 4. The van der Waals surface area contributed by atoms with E-state index >= 15 is 0 Å². The van der Waals surface area contributed by atoms with Crippen LogP contribution in [0.1, 0.15) is 26.3 Å². The van der Waals surface area contributed by atoms with Gasteiger partial charge in [-0.05, 0) is 30.2 Å². The molecule has 0 amide bonds. The molecule has 2 aromatic rings. The number of ether oxygens (including phenoxy) is 2. The van der Waals surface area contributed by atoms with Crippen molar-refractivity contribution < 1.29 is 19.1 Å². The number of hydrogen-bond donors (Lipinski definition) is 1. The summed E-state index contributed by atoms with van der Waals surface area (Å²) >= 11 is 0. The molecule has 2 aromatic carbocycles. The number of carbonyl (C=O) groups is 2. The Bertz CT molecular complexity index is 1000. The molecule has 1 N–H and O–H groups in total. The van der Waals surface area contributed by atoms with Crippen LogP contribution in [0, 0.1) is 0 Å². The number of carbonyl (C=O) groups excluding carboxylic acids is 2. The summed E-state index contributed by atoms with van der Waals surface area (Å²) in [6.07, 6.45) is 4.20. The van der Waals surface area contributed by atoms with Gasteiger partial charge >= 0.3 is 0 Å². The van der Waals surface area contributed by atoms with E-state index in [0.717, 1.165) is 5.56 Å². The van der Waals surface area contributed by atoms with E-state index in [1.807, 2.05) is 18.2 Å². The van der Waals surface area contributed by atoms with Gasteiger partial charge in [0.1, 0.15) is 11.5 Å². The van der Waals surface area contributed by atoms with Gasteiger partial charge in [0.05, 0.1) is 36.7 Å². The summed E-state index contributed by atoms with van der Waals surface area (Å²) in [5.74, 6) is 0.520. The van der Waals surface area contributed by atoms with E-state index in [4.69, 9.17) is 9.47 Å². The Labute approximate surface area is 150 Å². The molecule has 0 spiro atoms. The first-order valence-corrected chi connectivity index (χ1v) is 8.25. The van der Waals surface area contributed by atoms with E-state index in [1.54, 1.807) is 30.3 Å². The van der Waals surface area contributed by atoms with Crippen LogP contribution in [0.2, 0.25) is 0 Å². The third-order valence-corrected chi connectivity index (χ3v) is 4.66. The molecular weight excluding hydrogens is 330 g/mol. The van der Waals surface area contributed by atoms with Crippen LogP contribution in [0.5, 0.6) is 11.5 Å². The summed E-state index contributed by atoms with van der Waals surface area (Å²) in [5, 5.41) is 3.09. The first kappa shape index (κ1) is 16.1. The van der Waals surface area contributed by atoms with Gasteiger partial charge in [-0.25, -0.2) is 0 Å². The Hall–Kier alpha value is -3.34. The van der Waals surface area contributed by atoms with Crippen molar-refractivity contribution in [2.45, 2.75) is 6.42 Å². The van der Waals surface area contributed by atoms with Crippen LogP contribution < -0.4 is 14.8 Å². The van der Waals surface area contributed by atoms with Gasteiger partial charge in [0.2, 0.25) is 5.78 Å². The molecule has 0 bridgehead atoms. The lowest BCUT2D eigenvalue weighted by atomic mass is 9.96. The lowest BCUT2D eigenvalue weighted by Gasteiger charge is -2.11. The maximum Gasteiger partial charge on any atom is 0.215 e. The number of rotatable bonds is 2. The number of anilines is 1. The molecule has 5 nitrogen and oxygen atoms in total. The van der Waals surface area contributed by atoms with Gasteiger partial charge in [0.25, 0.3) is 0 Å². The summed E-state index contributed by atoms with van der Waals surface area (Å²) < 4.78 is 10.7. The van der Waals surface area contributed by atoms with Crippen molar-refractivity contribution in [1.29, 1.82) is 0 Å². The van der Waals surface area contributed by atoms with Gasteiger partial charge in [-0.15, -0.1) is 0 Å². The topological polar surface area (TPSA) is 64.6 Å². The number of benzene rings is 2. The Morgan fingerprint density at radius 3 is 2.31 bits per heavy atom. The molecule has 1 aliphatic carbocycles. The number of nitrogens with one attached hydrogen (secondary N) is 1. The minimum absolute atomic E-state index is 0.228. The lowest BCUT2D eigenvalue weighted by molar-refractivity contribution is 0.100. The zero-order chi connectivity index (χ0) is 18.3. The minimum Gasteiger partial charge on any atom is -0.496 e. The van der Waals surface area contributed by atoms with E-state index in [0.29, 0.717) is 40.3 Å². The number of methoxy groups -OCH3 is 2. The minimum atomic E-state index is -0.246. The van der Waals surface area contributed by atoms with Crippen molar-refractivity contribution in [3.8, 4) is 11.5 Å². The molecular formula is C21H17NO4. The highest BCUT2D eigenvalue weighted by Gasteiger charge is 2.33. The number of Topliss-reactive ketones (excluding diaryl/α,β-unsaturated/α-hetero) is 2. The normalized spacial score (nSPS) is 18.1. The van der Waals surface area contributed by atoms with Crippen LogP contribution in [0.25, 0.3) is 0 Å². The standard InChI is InChI=1S/C21H17NO4/c1-25-15-10-4-7-12-6-3-8-13(20(23)17(12)15)19-21(24)18-14(22-19)9-5-11-16(18)26-2/h3-5,7-11,22H,6H2,1-2H3/b19-13-. The maximum atomic E-state index is 13.2. The predicted octanol–water partition coefficient (Wildman–Crippen LogP) is 3.56. The van der Waals surface area contributed by atoms with Crippen LogP contribution >= 0.6 is 0 Å². The average Bonchev–Trinajstić information content (AvgIpc) is 2.90. The third-order valence-electron chi connectivity index (χ3n) is 4.66. The molecule has 1 heterocycles. The predicted molar refractivity (Wildman–Crippen MR) is 98.1 cm³/mol. The highest BCUT2D eigenvalue weighted by molar-refractivity contribution is 6.26. The average molecular weight is 347 g/mol. The fourth-order valence-electron chi connectivity index (χ4n) is 3.43. The highest BCUT2D eigenvalue weighted by Crippen LogP contribution is 2.38. The van der Waals surface area contributed by atoms with Gasteiger partial charge in [-0.1, -0.05) is 30.4 Å². The zero-order valence-electron chi connectivity index (χ0n) is 14.5. The van der Waals surface area contributed by atoms with Crippen LogP contribution in [0.3, 0.4) is 0 Å². The van der Waals surface area contributed by atoms with Crippen molar-refractivity contribution in [2.24, 2.45) is 0 Å². The lowest BCUT2D eigenvalue weighted by Crippen LogP contribution is -2.13. The number of ketones is 2. The SMILES string of the molecule is COc1cccc2c1C(=O)/C(=C1\Nc3cccc(OC)c3C1=O)C=CC2. The van der Waals surface area contributed by atoms with Crippen LogP contribution in [-0.2, 0) is 6.42 Å². The molecule has 0 fully saturated rings. The molecule has 5 heteroatoms. The van der Waals surface area contributed by atoms with Crippen LogP contribution in [-0.4, -0.2) is 25.8 Å². The summed E-state index contributed by atoms with van der Waals surface area (Å²) in [7, 11) is 3.06. The van der Waals surface area contributed by atoms with Crippen molar-refractivity contribution >= 4 is 17.3 Å². The Morgan fingerprint density at radius 1 is 0.885 bits per heavy atom. The van der Waals surface area contributed by atoms with Crippen LogP contribution in [0.4, 0.5) is 5.69 Å². The quantitative estimate of drug-likeness (QED) is 0.842. The summed E-state index contributed by atoms with van der Waals surface area (Å²) in [5.41, 5.74) is 3.06. The second-order valence-electron chi connectivity index (χ2n) is 6.06. The van der Waals surface area contributed by atoms with Gasteiger partial charge in [-0.2, -0.15) is 0 Å². The number of hydrogen-bond acceptors (Lipinski definition) is 5. The molecule has 130 valence electrons. The van der Waals surface area contributed by atoms with Gasteiger partial charge in [0, 0.05) is 5.57 Å². The van der Waals surface area contributed by atoms with Gasteiger partial charge in [0.15, 0.2) is 5.78 Å². The van der Waals surface area contributed by atoms with Crippen LogP contribution in [0.15, 0.2) is 59.8 Å². The zero-order valence-corrected chi connectivity index (χ0v) is 14.5. The monoisotopic (exact) mass is 347 g/mol. The second-order valence-corrected chi connectivity index (χ2v) is 6.06. The molecule has 1 aliphatic heterocycles. The Kier molecular flexibility index (Phi) is 3.84. The van der Waals surface area contributed by atoms with E-state index in [9.17, 15) is 9.59 Å². The van der Waals surface area contributed by atoms with Crippen molar-refractivity contribution in [1.82, 2.24) is 0 Å². The fourth-order valence-corrected chi connectivity index (χ4v) is 3.43.